The van der Waals surface area contributed by atoms with Gasteiger partial charge in [0.15, 0.2) is 0 Å². The number of hydrogen-bond acceptors (Lipinski definition) is 3. The van der Waals surface area contributed by atoms with E-state index in [2.05, 4.69) is 29.6 Å². The molecule has 0 bridgehead atoms. The molecule has 1 heterocycles. The molecule has 1 aliphatic carbocycles. The Morgan fingerprint density at radius 3 is 2.88 bits per heavy atom. The average Bonchev–Trinajstić information content (AvgIpc) is 3.11. The molecule has 0 amide bonds. The monoisotopic (exact) mass is 335 g/mol. The fourth-order valence-electron chi connectivity index (χ4n) is 4.21. The first kappa shape index (κ1) is 15.8. The Morgan fingerprint density at radius 1 is 1.28 bits per heavy atom. The van der Waals surface area contributed by atoms with Crippen LogP contribution in [0.5, 0.6) is 5.75 Å². The van der Waals surface area contributed by atoms with Gasteiger partial charge in [0.25, 0.3) is 0 Å². The summed E-state index contributed by atoms with van der Waals surface area (Å²) in [5, 5.41) is 13.1. The van der Waals surface area contributed by atoms with Crippen LogP contribution in [0, 0.1) is 12.8 Å². The predicted molar refractivity (Wildman–Crippen MR) is 97.5 cm³/mol. The summed E-state index contributed by atoms with van der Waals surface area (Å²) in [5.74, 6) is 0.691. The van der Waals surface area contributed by atoms with Crippen molar-refractivity contribution in [3.8, 4) is 5.75 Å². The number of hydrogen-bond donors (Lipinski definition) is 2. The van der Waals surface area contributed by atoms with Crippen molar-refractivity contribution in [3.63, 3.8) is 0 Å². The lowest BCUT2D eigenvalue weighted by molar-refractivity contribution is 0.0696. The van der Waals surface area contributed by atoms with Crippen LogP contribution in [0.3, 0.4) is 0 Å². The first-order chi connectivity index (χ1) is 12.1. The Kier molecular flexibility index (Phi) is 3.75. The van der Waals surface area contributed by atoms with Gasteiger partial charge in [0.2, 0.25) is 0 Å². The molecule has 4 rings (SSSR count). The van der Waals surface area contributed by atoms with Crippen molar-refractivity contribution in [2.45, 2.75) is 25.3 Å². The molecular formula is C21H21NO3. The zero-order chi connectivity index (χ0) is 17.6. The van der Waals surface area contributed by atoms with E-state index in [-0.39, 0.29) is 6.04 Å². The van der Waals surface area contributed by atoms with Gasteiger partial charge in [0.1, 0.15) is 5.75 Å². The molecular weight excluding hydrogens is 314 g/mol. The molecule has 0 aromatic heterocycles. The van der Waals surface area contributed by atoms with Crippen molar-refractivity contribution in [1.82, 2.24) is 0 Å². The minimum Gasteiger partial charge on any atom is -0.497 e. The molecule has 4 heteroatoms. The number of benzene rings is 2. The number of rotatable bonds is 3. The fraction of sp³-hybridized carbons (Fsp3) is 0.286. The third-order valence-electron chi connectivity index (χ3n) is 5.48. The van der Waals surface area contributed by atoms with Crippen LogP contribution in [0.2, 0.25) is 0 Å². The Hall–Kier alpha value is -2.75. The molecule has 0 spiro atoms. The second-order valence-corrected chi connectivity index (χ2v) is 6.76. The first-order valence-electron chi connectivity index (χ1n) is 8.54. The summed E-state index contributed by atoms with van der Waals surface area (Å²) in [6, 6.07) is 11.9. The molecule has 0 fully saturated rings. The normalized spacial score (nSPS) is 23.5. The summed E-state index contributed by atoms with van der Waals surface area (Å²) in [4.78, 5) is 11.5. The van der Waals surface area contributed by atoms with E-state index in [0.29, 0.717) is 17.4 Å². The van der Waals surface area contributed by atoms with Crippen LogP contribution in [-0.2, 0) is 0 Å². The van der Waals surface area contributed by atoms with Crippen LogP contribution >= 0.6 is 0 Å². The van der Waals surface area contributed by atoms with E-state index < -0.39 is 5.97 Å². The molecule has 0 saturated carbocycles. The number of nitrogens with one attached hydrogen (secondary N) is 1. The summed E-state index contributed by atoms with van der Waals surface area (Å²) in [7, 11) is 1.67. The molecule has 25 heavy (non-hydrogen) atoms. The van der Waals surface area contributed by atoms with Crippen LogP contribution < -0.4 is 10.1 Å². The van der Waals surface area contributed by atoms with E-state index in [4.69, 9.17) is 4.74 Å². The molecule has 2 aromatic rings. The van der Waals surface area contributed by atoms with Crippen LogP contribution in [0.1, 0.15) is 45.4 Å². The van der Waals surface area contributed by atoms with E-state index in [9.17, 15) is 9.90 Å². The SMILES string of the molecule is COc1cccc([C@@H]2Nc3c(ccc(C(=O)O)c3C)[C@@H]3C=CC[C@@H]32)c1. The molecule has 1 aliphatic heterocycles. The largest absolute Gasteiger partial charge is 0.497 e. The van der Waals surface area contributed by atoms with Crippen molar-refractivity contribution in [2.75, 3.05) is 12.4 Å². The van der Waals surface area contributed by atoms with Crippen LogP contribution in [0.25, 0.3) is 0 Å². The molecule has 2 N–H and O–H groups in total. The number of carboxylic acids is 1. The maximum atomic E-state index is 11.5. The van der Waals surface area contributed by atoms with E-state index in [1.165, 1.54) is 11.1 Å². The van der Waals surface area contributed by atoms with Gasteiger partial charge in [-0.1, -0.05) is 30.4 Å². The molecule has 2 aliphatic rings. The van der Waals surface area contributed by atoms with Gasteiger partial charge in [-0.25, -0.2) is 4.79 Å². The summed E-state index contributed by atoms with van der Waals surface area (Å²) in [6.45, 7) is 1.89. The quantitative estimate of drug-likeness (QED) is 0.809. The number of methoxy groups -OCH3 is 1. The summed E-state index contributed by atoms with van der Waals surface area (Å²) in [6.07, 6.45) is 5.51. The average molecular weight is 335 g/mol. The number of aromatic carboxylic acids is 1. The Labute approximate surface area is 147 Å². The number of carbonyl (C=O) groups is 1. The maximum Gasteiger partial charge on any atom is 0.336 e. The molecule has 128 valence electrons. The van der Waals surface area contributed by atoms with Gasteiger partial charge in [0.05, 0.1) is 18.7 Å². The van der Waals surface area contributed by atoms with Gasteiger partial charge in [0, 0.05) is 11.6 Å². The topological polar surface area (TPSA) is 58.6 Å². The van der Waals surface area contributed by atoms with E-state index in [1.807, 2.05) is 25.1 Å². The van der Waals surface area contributed by atoms with Crippen molar-refractivity contribution >= 4 is 11.7 Å². The van der Waals surface area contributed by atoms with Gasteiger partial charge in [-0.05, 0) is 54.2 Å². The lowest BCUT2D eigenvalue weighted by Gasteiger charge is -2.38. The Balaban J connectivity index is 1.83. The number of fused-ring (bicyclic) bond motifs is 3. The second kappa shape index (κ2) is 5.96. The van der Waals surface area contributed by atoms with Crippen LogP contribution in [0.15, 0.2) is 48.6 Å². The third kappa shape index (κ3) is 2.49. The summed E-state index contributed by atoms with van der Waals surface area (Å²) in [5.41, 5.74) is 4.48. The summed E-state index contributed by atoms with van der Waals surface area (Å²) >= 11 is 0. The molecule has 0 saturated heterocycles. The van der Waals surface area contributed by atoms with Crippen molar-refractivity contribution < 1.29 is 14.6 Å². The number of carboxylic acid groups (broad SMARTS) is 1. The molecule has 0 unspecified atom stereocenters. The van der Waals surface area contributed by atoms with E-state index >= 15 is 0 Å². The predicted octanol–water partition coefficient (Wildman–Crippen LogP) is 4.53. The minimum atomic E-state index is -0.885. The number of allylic oxidation sites excluding steroid dienone is 2. The highest BCUT2D eigenvalue weighted by Crippen LogP contribution is 2.51. The fourth-order valence-corrected chi connectivity index (χ4v) is 4.21. The zero-order valence-corrected chi connectivity index (χ0v) is 14.3. The van der Waals surface area contributed by atoms with Crippen LogP contribution in [-0.4, -0.2) is 18.2 Å². The summed E-state index contributed by atoms with van der Waals surface area (Å²) < 4.78 is 5.38. The number of ether oxygens (including phenoxy) is 1. The highest BCUT2D eigenvalue weighted by Gasteiger charge is 2.39. The minimum absolute atomic E-state index is 0.130. The molecule has 2 aromatic carbocycles. The first-order valence-corrected chi connectivity index (χ1v) is 8.54. The third-order valence-corrected chi connectivity index (χ3v) is 5.48. The molecule has 0 radical (unpaired) electrons. The highest BCUT2D eigenvalue weighted by molar-refractivity contribution is 5.92. The van der Waals surface area contributed by atoms with E-state index in [1.54, 1.807) is 13.2 Å². The Bertz CT molecular complexity index is 871. The second-order valence-electron chi connectivity index (χ2n) is 6.76. The molecule has 4 nitrogen and oxygen atoms in total. The molecule has 3 atom stereocenters. The van der Waals surface area contributed by atoms with E-state index in [0.717, 1.165) is 23.4 Å². The van der Waals surface area contributed by atoms with Crippen LogP contribution in [0.4, 0.5) is 5.69 Å². The maximum absolute atomic E-state index is 11.5. The van der Waals surface area contributed by atoms with Crippen molar-refractivity contribution in [3.05, 3.63) is 70.8 Å². The van der Waals surface area contributed by atoms with Crippen molar-refractivity contribution in [2.24, 2.45) is 5.92 Å². The smallest absolute Gasteiger partial charge is 0.336 e. The number of anilines is 1. The van der Waals surface area contributed by atoms with Gasteiger partial charge in [-0.2, -0.15) is 0 Å². The van der Waals surface area contributed by atoms with Gasteiger partial charge < -0.3 is 15.2 Å². The van der Waals surface area contributed by atoms with Gasteiger partial charge in [-0.3, -0.25) is 0 Å². The Morgan fingerprint density at radius 2 is 2.12 bits per heavy atom. The lowest BCUT2D eigenvalue weighted by Crippen LogP contribution is -2.30. The van der Waals surface area contributed by atoms with Gasteiger partial charge >= 0.3 is 5.97 Å². The standard InChI is InChI=1S/C21H21NO3/c1-12-15(21(23)24)9-10-18-16-7-4-8-17(16)20(22-19(12)18)13-5-3-6-14(11-13)25-2/h3-7,9-11,16-17,20,22H,8H2,1-2H3,(H,23,24)/t16-,17+,20+/m1/s1. The van der Waals surface area contributed by atoms with Crippen molar-refractivity contribution in [1.29, 1.82) is 0 Å². The lowest BCUT2D eigenvalue weighted by atomic mass is 9.76. The zero-order valence-electron chi connectivity index (χ0n) is 14.3. The highest BCUT2D eigenvalue weighted by atomic mass is 16.5. The van der Waals surface area contributed by atoms with Gasteiger partial charge in [-0.15, -0.1) is 0 Å².